The van der Waals surface area contributed by atoms with Crippen LogP contribution in [0.4, 0.5) is 5.69 Å². The van der Waals surface area contributed by atoms with E-state index >= 15 is 0 Å². The number of aliphatic imine (C=N–C) groups is 1. The fraction of sp³-hybridized carbons (Fsp3) is 0.391. The molecule has 146 valence electrons. The van der Waals surface area contributed by atoms with E-state index in [1.165, 1.54) is 5.56 Å². The van der Waals surface area contributed by atoms with Crippen LogP contribution in [0, 0.1) is 5.41 Å². The van der Waals surface area contributed by atoms with E-state index in [4.69, 9.17) is 9.73 Å². The highest BCUT2D eigenvalue weighted by molar-refractivity contribution is 6.03. The maximum absolute atomic E-state index is 12.5. The lowest BCUT2D eigenvalue weighted by Crippen LogP contribution is -2.45. The SMILES string of the molecule is CN(C)C(=O)c1ccccc1CN=C1Nc2ccccc2CC12CCOCC2. The lowest BCUT2D eigenvalue weighted by molar-refractivity contribution is 0.0448. The third-order valence-electron chi connectivity index (χ3n) is 5.81. The highest BCUT2D eigenvalue weighted by atomic mass is 16.5. The number of nitrogens with one attached hydrogen (secondary N) is 1. The first-order valence-corrected chi connectivity index (χ1v) is 9.86. The number of nitrogens with zero attached hydrogens (tertiary/aromatic N) is 2. The second-order valence-electron chi connectivity index (χ2n) is 7.87. The molecule has 0 atom stereocenters. The largest absolute Gasteiger partial charge is 0.381 e. The smallest absolute Gasteiger partial charge is 0.253 e. The normalized spacial score (nSPS) is 19.1. The van der Waals surface area contributed by atoms with Gasteiger partial charge in [-0.2, -0.15) is 0 Å². The highest BCUT2D eigenvalue weighted by Crippen LogP contribution is 2.41. The van der Waals surface area contributed by atoms with Crippen LogP contribution < -0.4 is 5.32 Å². The van der Waals surface area contributed by atoms with Crippen molar-refractivity contribution in [3.05, 3.63) is 65.2 Å². The minimum Gasteiger partial charge on any atom is -0.381 e. The van der Waals surface area contributed by atoms with Crippen molar-refractivity contribution in [3.8, 4) is 0 Å². The van der Waals surface area contributed by atoms with Gasteiger partial charge < -0.3 is 15.0 Å². The van der Waals surface area contributed by atoms with E-state index in [2.05, 4.69) is 29.6 Å². The zero-order valence-electron chi connectivity index (χ0n) is 16.6. The Kier molecular flexibility index (Phi) is 5.18. The molecule has 0 unspecified atom stereocenters. The Bertz CT molecular complexity index is 898. The van der Waals surface area contributed by atoms with Gasteiger partial charge in [0.15, 0.2) is 0 Å². The molecule has 2 aliphatic rings. The third-order valence-corrected chi connectivity index (χ3v) is 5.81. The van der Waals surface area contributed by atoms with E-state index < -0.39 is 0 Å². The van der Waals surface area contributed by atoms with Crippen LogP contribution in [0.1, 0.15) is 34.3 Å². The van der Waals surface area contributed by atoms with Crippen molar-refractivity contribution in [2.45, 2.75) is 25.8 Å². The average molecular weight is 377 g/mol. The summed E-state index contributed by atoms with van der Waals surface area (Å²) in [6, 6.07) is 16.2. The van der Waals surface area contributed by atoms with Gasteiger partial charge in [-0.3, -0.25) is 9.79 Å². The van der Waals surface area contributed by atoms with Crippen molar-refractivity contribution in [1.29, 1.82) is 0 Å². The summed E-state index contributed by atoms with van der Waals surface area (Å²) in [7, 11) is 3.56. The van der Waals surface area contributed by atoms with Gasteiger partial charge in [-0.25, -0.2) is 0 Å². The Morgan fingerprint density at radius 3 is 2.61 bits per heavy atom. The quantitative estimate of drug-likeness (QED) is 0.886. The molecule has 1 amide bonds. The first-order valence-electron chi connectivity index (χ1n) is 9.86. The van der Waals surface area contributed by atoms with Gasteiger partial charge in [-0.15, -0.1) is 0 Å². The molecule has 0 saturated carbocycles. The first-order chi connectivity index (χ1) is 13.6. The summed E-state index contributed by atoms with van der Waals surface area (Å²) in [5.74, 6) is 1.04. The van der Waals surface area contributed by atoms with Gasteiger partial charge in [0.2, 0.25) is 0 Å². The van der Waals surface area contributed by atoms with Crippen LogP contribution in [0.3, 0.4) is 0 Å². The van der Waals surface area contributed by atoms with Crippen LogP contribution in [-0.2, 0) is 17.7 Å². The molecule has 1 saturated heterocycles. The first kappa shape index (κ1) is 18.7. The van der Waals surface area contributed by atoms with Gasteiger partial charge in [0.1, 0.15) is 5.84 Å². The van der Waals surface area contributed by atoms with Gasteiger partial charge in [0.05, 0.1) is 6.54 Å². The summed E-state index contributed by atoms with van der Waals surface area (Å²) < 4.78 is 5.64. The number of hydrogen-bond acceptors (Lipinski definition) is 3. The fourth-order valence-electron chi connectivity index (χ4n) is 4.16. The number of hydrogen-bond donors (Lipinski definition) is 1. The topological polar surface area (TPSA) is 53.9 Å². The van der Waals surface area contributed by atoms with Gasteiger partial charge in [-0.1, -0.05) is 36.4 Å². The fourth-order valence-corrected chi connectivity index (χ4v) is 4.16. The molecule has 0 radical (unpaired) electrons. The van der Waals surface area contributed by atoms with E-state index in [0.717, 1.165) is 49.6 Å². The predicted molar refractivity (Wildman–Crippen MR) is 112 cm³/mol. The van der Waals surface area contributed by atoms with Crippen molar-refractivity contribution < 1.29 is 9.53 Å². The molecule has 28 heavy (non-hydrogen) atoms. The number of fused-ring (bicyclic) bond motifs is 1. The number of amidine groups is 1. The molecule has 1 spiro atoms. The van der Waals surface area contributed by atoms with Gasteiger partial charge in [0, 0.05) is 44.0 Å². The van der Waals surface area contributed by atoms with Crippen molar-refractivity contribution in [2.75, 3.05) is 32.6 Å². The molecule has 0 aromatic heterocycles. The second-order valence-corrected chi connectivity index (χ2v) is 7.87. The lowest BCUT2D eigenvalue weighted by Gasteiger charge is -2.42. The van der Waals surface area contributed by atoms with Crippen molar-refractivity contribution >= 4 is 17.4 Å². The maximum Gasteiger partial charge on any atom is 0.253 e. The molecule has 4 rings (SSSR count). The summed E-state index contributed by atoms with van der Waals surface area (Å²) in [5.41, 5.74) is 4.14. The van der Waals surface area contributed by atoms with Crippen LogP contribution in [0.15, 0.2) is 53.5 Å². The molecular weight excluding hydrogens is 350 g/mol. The Morgan fingerprint density at radius 2 is 1.82 bits per heavy atom. The minimum atomic E-state index is -0.00684. The number of rotatable bonds is 3. The molecular formula is C23H27N3O2. The Balaban J connectivity index is 1.67. The van der Waals surface area contributed by atoms with Crippen molar-refractivity contribution in [2.24, 2.45) is 10.4 Å². The van der Waals surface area contributed by atoms with Gasteiger partial charge in [0.25, 0.3) is 5.91 Å². The number of carbonyl (C=O) groups is 1. The number of carbonyl (C=O) groups excluding carboxylic acids is 1. The zero-order valence-corrected chi connectivity index (χ0v) is 16.6. The van der Waals surface area contributed by atoms with Gasteiger partial charge >= 0.3 is 0 Å². The molecule has 2 aromatic rings. The predicted octanol–water partition coefficient (Wildman–Crippen LogP) is 3.75. The standard InChI is InChI=1S/C23H27N3O2/c1-26(2)21(27)19-9-5-3-8-18(19)16-24-22-23(11-13-28-14-12-23)15-17-7-4-6-10-20(17)25-22/h3-10H,11-16H2,1-2H3,(H,24,25). The zero-order chi connectivity index (χ0) is 19.6. The number of benzene rings is 2. The van der Waals surface area contributed by atoms with Crippen LogP contribution >= 0.6 is 0 Å². The van der Waals surface area contributed by atoms with Crippen LogP contribution in [0.25, 0.3) is 0 Å². The molecule has 1 N–H and O–H groups in total. The molecule has 1 fully saturated rings. The summed E-state index contributed by atoms with van der Waals surface area (Å²) >= 11 is 0. The van der Waals surface area contributed by atoms with Gasteiger partial charge in [-0.05, 0) is 42.5 Å². The summed E-state index contributed by atoms with van der Waals surface area (Å²) in [6.07, 6.45) is 2.91. The van der Waals surface area contributed by atoms with E-state index in [1.807, 2.05) is 24.3 Å². The second kappa shape index (κ2) is 7.76. The minimum absolute atomic E-state index is 0.00684. The van der Waals surface area contributed by atoms with E-state index in [9.17, 15) is 4.79 Å². The summed E-state index contributed by atoms with van der Waals surface area (Å²) in [6.45, 7) is 2.01. The Hall–Kier alpha value is -2.66. The van der Waals surface area contributed by atoms with E-state index in [0.29, 0.717) is 12.1 Å². The monoisotopic (exact) mass is 377 g/mol. The number of amides is 1. The molecule has 2 aliphatic heterocycles. The molecule has 5 heteroatoms. The number of anilines is 1. The van der Waals surface area contributed by atoms with Crippen molar-refractivity contribution in [1.82, 2.24) is 4.90 Å². The summed E-state index contributed by atoms with van der Waals surface area (Å²) in [5, 5.41) is 3.60. The lowest BCUT2D eigenvalue weighted by atomic mass is 9.71. The Morgan fingerprint density at radius 1 is 1.11 bits per heavy atom. The van der Waals surface area contributed by atoms with Crippen LogP contribution in [0.5, 0.6) is 0 Å². The Labute approximate surface area is 166 Å². The van der Waals surface area contributed by atoms with E-state index in [1.54, 1.807) is 19.0 Å². The molecule has 0 aliphatic carbocycles. The number of para-hydroxylation sites is 1. The maximum atomic E-state index is 12.5. The average Bonchev–Trinajstić information content (AvgIpc) is 2.72. The highest BCUT2D eigenvalue weighted by Gasteiger charge is 2.41. The van der Waals surface area contributed by atoms with E-state index in [-0.39, 0.29) is 11.3 Å². The third kappa shape index (κ3) is 3.54. The molecule has 2 aromatic carbocycles. The molecule has 5 nitrogen and oxygen atoms in total. The summed E-state index contributed by atoms with van der Waals surface area (Å²) in [4.78, 5) is 19.1. The van der Waals surface area contributed by atoms with Crippen LogP contribution in [-0.4, -0.2) is 44.0 Å². The molecule has 2 heterocycles. The van der Waals surface area contributed by atoms with Crippen molar-refractivity contribution in [3.63, 3.8) is 0 Å². The van der Waals surface area contributed by atoms with Crippen LogP contribution in [0.2, 0.25) is 0 Å². The molecule has 0 bridgehead atoms. The number of ether oxygens (including phenoxy) is 1.